The van der Waals surface area contributed by atoms with Gasteiger partial charge in [-0.25, -0.2) is 4.98 Å². The van der Waals surface area contributed by atoms with Gasteiger partial charge in [-0.1, -0.05) is 23.7 Å². The van der Waals surface area contributed by atoms with Gasteiger partial charge in [0.05, 0.1) is 16.1 Å². The van der Waals surface area contributed by atoms with Crippen LogP contribution in [0.15, 0.2) is 30.5 Å². The van der Waals surface area contributed by atoms with Crippen molar-refractivity contribution in [2.24, 2.45) is 14.1 Å². The quantitative estimate of drug-likeness (QED) is 0.787. The van der Waals surface area contributed by atoms with Crippen LogP contribution >= 0.6 is 11.6 Å². The summed E-state index contributed by atoms with van der Waals surface area (Å²) in [5, 5.41) is 7.06. The number of hydrogen-bond donors (Lipinski definition) is 1. The Hall–Kier alpha value is -2.34. The highest BCUT2D eigenvalue weighted by molar-refractivity contribution is 6.34. The number of benzene rings is 1. The number of amides is 1. The fourth-order valence-electron chi connectivity index (χ4n) is 2.03. The Morgan fingerprint density at radius 1 is 1.30 bits per heavy atom. The van der Waals surface area contributed by atoms with Crippen molar-refractivity contribution >= 4 is 34.5 Å². The van der Waals surface area contributed by atoms with Crippen molar-refractivity contribution in [3.05, 3.63) is 41.2 Å². The van der Waals surface area contributed by atoms with Gasteiger partial charge >= 0.3 is 0 Å². The van der Waals surface area contributed by atoms with Gasteiger partial charge in [0.2, 0.25) is 5.95 Å². The molecule has 20 heavy (non-hydrogen) atoms. The molecule has 0 fully saturated rings. The van der Waals surface area contributed by atoms with Crippen LogP contribution in [0.25, 0.3) is 11.0 Å². The van der Waals surface area contributed by atoms with Crippen LogP contribution < -0.4 is 5.32 Å². The summed E-state index contributed by atoms with van der Waals surface area (Å²) in [6.45, 7) is 0. The SMILES string of the molecule is Cn1cc(Cl)c(C(=O)Nc2nc3ccccc3n2C)n1. The lowest BCUT2D eigenvalue weighted by atomic mass is 10.3. The first kappa shape index (κ1) is 12.7. The molecule has 0 aliphatic rings. The number of rotatable bonds is 2. The molecule has 102 valence electrons. The highest BCUT2D eigenvalue weighted by Crippen LogP contribution is 2.19. The lowest BCUT2D eigenvalue weighted by Gasteiger charge is -2.03. The number of imidazole rings is 1. The molecule has 6 nitrogen and oxygen atoms in total. The molecule has 0 saturated heterocycles. The molecule has 0 atom stereocenters. The molecule has 0 bridgehead atoms. The molecule has 3 rings (SSSR count). The van der Waals surface area contributed by atoms with Gasteiger partial charge < -0.3 is 4.57 Å². The van der Waals surface area contributed by atoms with E-state index in [4.69, 9.17) is 11.6 Å². The number of aromatic nitrogens is 4. The number of fused-ring (bicyclic) bond motifs is 1. The molecule has 0 radical (unpaired) electrons. The minimum absolute atomic E-state index is 0.182. The Balaban J connectivity index is 1.95. The lowest BCUT2D eigenvalue weighted by molar-refractivity contribution is 0.102. The van der Waals surface area contributed by atoms with Crippen molar-refractivity contribution in [1.82, 2.24) is 19.3 Å². The molecule has 0 aliphatic carbocycles. The standard InChI is InChI=1S/C13H12ClN5O/c1-18-7-8(14)11(17-18)12(20)16-13-15-9-5-3-4-6-10(9)19(13)2/h3-7H,1-2H3,(H,15,16,20). The molecule has 3 aromatic rings. The van der Waals surface area contributed by atoms with Crippen molar-refractivity contribution < 1.29 is 4.79 Å². The predicted molar refractivity (Wildman–Crippen MR) is 76.9 cm³/mol. The molecule has 0 unspecified atom stereocenters. The first-order chi connectivity index (χ1) is 9.56. The molecule has 0 saturated carbocycles. The average Bonchev–Trinajstić information content (AvgIpc) is 2.91. The Kier molecular flexibility index (Phi) is 2.94. The first-order valence-corrected chi connectivity index (χ1v) is 6.36. The number of nitrogens with zero attached hydrogens (tertiary/aromatic N) is 4. The van der Waals surface area contributed by atoms with Crippen molar-refractivity contribution in [2.45, 2.75) is 0 Å². The van der Waals surface area contributed by atoms with Crippen LogP contribution in [0, 0.1) is 0 Å². The van der Waals surface area contributed by atoms with Gasteiger partial charge in [-0.15, -0.1) is 0 Å². The third-order valence-electron chi connectivity index (χ3n) is 3.01. The Morgan fingerprint density at radius 2 is 2.05 bits per heavy atom. The summed E-state index contributed by atoms with van der Waals surface area (Å²) in [5.41, 5.74) is 1.94. The topological polar surface area (TPSA) is 64.7 Å². The molecule has 2 aromatic heterocycles. The van der Waals surface area contributed by atoms with Crippen molar-refractivity contribution in [3.8, 4) is 0 Å². The molecule has 0 spiro atoms. The minimum atomic E-state index is -0.381. The second kappa shape index (κ2) is 4.64. The fraction of sp³-hybridized carbons (Fsp3) is 0.154. The molecule has 2 heterocycles. The predicted octanol–water partition coefficient (Wildman–Crippen LogP) is 2.21. The zero-order chi connectivity index (χ0) is 14.3. The number of para-hydroxylation sites is 2. The van der Waals surface area contributed by atoms with Crippen LogP contribution in [0.3, 0.4) is 0 Å². The van der Waals surface area contributed by atoms with E-state index >= 15 is 0 Å². The van der Waals surface area contributed by atoms with Crippen LogP contribution in [0.4, 0.5) is 5.95 Å². The van der Waals surface area contributed by atoms with Gasteiger partial charge in [-0.2, -0.15) is 5.10 Å². The Labute approximate surface area is 120 Å². The largest absolute Gasteiger partial charge is 0.313 e. The van der Waals surface area contributed by atoms with Crippen molar-refractivity contribution in [3.63, 3.8) is 0 Å². The van der Waals surface area contributed by atoms with Crippen LogP contribution in [0.2, 0.25) is 5.02 Å². The summed E-state index contributed by atoms with van der Waals surface area (Å²) >= 11 is 5.95. The van der Waals surface area contributed by atoms with Crippen molar-refractivity contribution in [1.29, 1.82) is 0 Å². The highest BCUT2D eigenvalue weighted by Gasteiger charge is 2.17. The summed E-state index contributed by atoms with van der Waals surface area (Å²) in [6, 6.07) is 7.65. The zero-order valence-corrected chi connectivity index (χ0v) is 11.7. The molecular weight excluding hydrogens is 278 g/mol. The second-order valence-electron chi connectivity index (χ2n) is 4.44. The second-order valence-corrected chi connectivity index (χ2v) is 4.84. The van der Waals surface area contributed by atoms with Gasteiger partial charge in [0.15, 0.2) is 5.69 Å². The van der Waals surface area contributed by atoms with E-state index in [1.807, 2.05) is 35.9 Å². The van der Waals surface area contributed by atoms with E-state index in [1.54, 1.807) is 13.2 Å². The summed E-state index contributed by atoms with van der Waals surface area (Å²) in [4.78, 5) is 16.5. The van der Waals surface area contributed by atoms with Crippen molar-refractivity contribution in [2.75, 3.05) is 5.32 Å². The van der Waals surface area contributed by atoms with E-state index in [1.165, 1.54) is 4.68 Å². The van der Waals surface area contributed by atoms with Crippen LogP contribution in [0.1, 0.15) is 10.5 Å². The number of anilines is 1. The molecule has 1 N–H and O–H groups in total. The maximum Gasteiger partial charge on any atom is 0.280 e. The van der Waals surface area contributed by atoms with Crippen LogP contribution in [0.5, 0.6) is 0 Å². The fourth-order valence-corrected chi connectivity index (χ4v) is 2.30. The smallest absolute Gasteiger partial charge is 0.280 e. The van der Waals surface area contributed by atoms with Crippen LogP contribution in [-0.2, 0) is 14.1 Å². The van der Waals surface area contributed by atoms with E-state index in [0.29, 0.717) is 11.0 Å². The number of halogens is 1. The maximum atomic E-state index is 12.2. The molecule has 1 amide bonds. The van der Waals surface area contributed by atoms with Gasteiger partial charge in [0.25, 0.3) is 5.91 Å². The Morgan fingerprint density at radius 3 is 2.70 bits per heavy atom. The van der Waals surface area contributed by atoms with Gasteiger partial charge in [-0.05, 0) is 12.1 Å². The van der Waals surface area contributed by atoms with E-state index in [2.05, 4.69) is 15.4 Å². The molecule has 0 aliphatic heterocycles. The summed E-state index contributed by atoms with van der Waals surface area (Å²) in [7, 11) is 3.54. The highest BCUT2D eigenvalue weighted by atomic mass is 35.5. The number of carbonyl (C=O) groups is 1. The van der Waals surface area contributed by atoms with Gasteiger partial charge in [0.1, 0.15) is 0 Å². The lowest BCUT2D eigenvalue weighted by Crippen LogP contribution is -2.16. The molecular formula is C13H12ClN5O. The van der Waals surface area contributed by atoms with Crippen LogP contribution in [-0.4, -0.2) is 25.2 Å². The summed E-state index contributed by atoms with van der Waals surface area (Å²) in [5.74, 6) is 0.0759. The Bertz CT molecular complexity index is 804. The zero-order valence-electron chi connectivity index (χ0n) is 11.0. The number of carbonyl (C=O) groups excluding carboxylic acids is 1. The normalized spacial score (nSPS) is 10.9. The van der Waals surface area contributed by atoms with E-state index in [-0.39, 0.29) is 11.6 Å². The molecule has 7 heteroatoms. The number of aryl methyl sites for hydroxylation is 2. The number of nitrogens with one attached hydrogen (secondary N) is 1. The first-order valence-electron chi connectivity index (χ1n) is 5.98. The van der Waals surface area contributed by atoms with E-state index in [9.17, 15) is 4.79 Å². The number of hydrogen-bond acceptors (Lipinski definition) is 3. The third-order valence-corrected chi connectivity index (χ3v) is 3.29. The summed E-state index contributed by atoms with van der Waals surface area (Å²) < 4.78 is 3.30. The maximum absolute atomic E-state index is 12.2. The minimum Gasteiger partial charge on any atom is -0.313 e. The third kappa shape index (κ3) is 2.04. The van der Waals surface area contributed by atoms with Gasteiger partial charge in [0, 0.05) is 20.3 Å². The van der Waals surface area contributed by atoms with Gasteiger partial charge in [-0.3, -0.25) is 14.8 Å². The molecule has 1 aromatic carbocycles. The van der Waals surface area contributed by atoms with E-state index < -0.39 is 0 Å². The monoisotopic (exact) mass is 289 g/mol. The van der Waals surface area contributed by atoms with E-state index in [0.717, 1.165) is 11.0 Å². The summed E-state index contributed by atoms with van der Waals surface area (Å²) in [6.07, 6.45) is 1.57. The average molecular weight is 290 g/mol.